The quantitative estimate of drug-likeness (QED) is 0.438. The van der Waals surface area contributed by atoms with Gasteiger partial charge in [-0.3, -0.25) is 14.7 Å². The average molecular weight is 410 g/mol. The van der Waals surface area contributed by atoms with Crippen LogP contribution >= 0.6 is 0 Å². The molecule has 2 aromatic rings. The zero-order valence-electron chi connectivity index (χ0n) is 17.7. The van der Waals surface area contributed by atoms with Gasteiger partial charge in [-0.2, -0.15) is 0 Å². The summed E-state index contributed by atoms with van der Waals surface area (Å²) in [7, 11) is 0. The normalized spacial score (nSPS) is 17.9. The smallest absolute Gasteiger partial charge is 0.305 e. The molecule has 30 heavy (non-hydrogen) atoms. The molecule has 0 saturated carbocycles. The Morgan fingerprint density at radius 2 is 2.00 bits per heavy atom. The highest BCUT2D eigenvalue weighted by Crippen LogP contribution is 2.25. The summed E-state index contributed by atoms with van der Waals surface area (Å²) in [4.78, 5) is 20.9. The molecule has 0 amide bonds. The summed E-state index contributed by atoms with van der Waals surface area (Å²) < 4.78 is 11.5. The van der Waals surface area contributed by atoms with Gasteiger partial charge < -0.3 is 14.4 Å². The van der Waals surface area contributed by atoms with E-state index in [0.29, 0.717) is 19.4 Å². The number of aromatic nitrogens is 1. The fourth-order valence-electron chi connectivity index (χ4n) is 3.86. The van der Waals surface area contributed by atoms with Gasteiger partial charge >= 0.3 is 5.97 Å². The van der Waals surface area contributed by atoms with Crippen LogP contribution < -0.4 is 9.64 Å². The summed E-state index contributed by atoms with van der Waals surface area (Å²) >= 11 is 0. The molecule has 1 saturated heterocycles. The fraction of sp³-hybridized carbons (Fsp3) is 0.417. The second kappa shape index (κ2) is 11.4. The fourth-order valence-corrected chi connectivity index (χ4v) is 3.86. The van der Waals surface area contributed by atoms with Crippen LogP contribution in [-0.2, 0) is 9.53 Å². The van der Waals surface area contributed by atoms with E-state index in [0.717, 1.165) is 31.8 Å². The number of hydrogen-bond acceptors (Lipinski definition) is 6. The first-order chi connectivity index (χ1) is 14.7. The van der Waals surface area contributed by atoms with Crippen molar-refractivity contribution in [1.82, 2.24) is 9.88 Å². The highest BCUT2D eigenvalue weighted by molar-refractivity contribution is 5.69. The number of carbonyl (C=O) groups excluding carboxylic acids is 1. The van der Waals surface area contributed by atoms with Gasteiger partial charge in [0.15, 0.2) is 6.23 Å². The lowest BCUT2D eigenvalue weighted by molar-refractivity contribution is -0.144. The van der Waals surface area contributed by atoms with Gasteiger partial charge in [-0.05, 0) is 37.6 Å². The summed E-state index contributed by atoms with van der Waals surface area (Å²) in [6.07, 6.45) is 7.15. The molecule has 0 spiro atoms. The number of anilines is 1. The Hall–Kier alpha value is -2.86. The molecule has 1 aliphatic rings. The van der Waals surface area contributed by atoms with Gasteiger partial charge in [0.1, 0.15) is 5.75 Å². The van der Waals surface area contributed by atoms with Crippen LogP contribution in [0.5, 0.6) is 5.75 Å². The minimum Gasteiger partial charge on any atom is -0.475 e. The standard InChI is InChI=1S/C24H31N3O3/c1-3-8-21-19-26(20-13-15-25-16-14-20)17-18-27(21)23(11-12-24(28)29-4-2)30-22-9-6-5-7-10-22/h3,5-7,9-10,13-16,21,23H,1,4,8,11-12,17-19H2,2H3. The molecule has 6 heteroatoms. The van der Waals surface area contributed by atoms with E-state index in [-0.39, 0.29) is 18.2 Å². The van der Waals surface area contributed by atoms with E-state index in [1.54, 1.807) is 0 Å². The van der Waals surface area contributed by atoms with Crippen molar-refractivity contribution >= 4 is 11.7 Å². The van der Waals surface area contributed by atoms with E-state index in [1.807, 2.05) is 67.9 Å². The van der Waals surface area contributed by atoms with Gasteiger partial charge in [-0.15, -0.1) is 6.58 Å². The lowest BCUT2D eigenvalue weighted by Gasteiger charge is -2.45. The highest BCUT2D eigenvalue weighted by atomic mass is 16.5. The molecular formula is C24H31N3O3. The van der Waals surface area contributed by atoms with E-state index in [9.17, 15) is 4.79 Å². The molecular weight excluding hydrogens is 378 g/mol. The summed E-state index contributed by atoms with van der Waals surface area (Å²) in [6, 6.07) is 14.1. The Balaban J connectivity index is 1.75. The SMILES string of the molecule is C=CCC1CN(c2ccncc2)CCN1C(CCC(=O)OCC)Oc1ccccc1. The molecule has 2 unspecified atom stereocenters. The number of rotatable bonds is 10. The third-order valence-corrected chi connectivity index (χ3v) is 5.28. The van der Waals surface area contributed by atoms with Crippen LogP contribution in [-0.4, -0.2) is 54.4 Å². The average Bonchev–Trinajstić information content (AvgIpc) is 2.78. The van der Waals surface area contributed by atoms with Crippen molar-refractivity contribution in [1.29, 1.82) is 0 Å². The van der Waals surface area contributed by atoms with E-state index < -0.39 is 0 Å². The number of pyridine rings is 1. The number of carbonyl (C=O) groups is 1. The van der Waals surface area contributed by atoms with Crippen LogP contribution in [0.3, 0.4) is 0 Å². The second-order valence-corrected chi connectivity index (χ2v) is 7.30. The maximum atomic E-state index is 12.0. The van der Waals surface area contributed by atoms with Crippen molar-refractivity contribution in [3.05, 3.63) is 67.5 Å². The summed E-state index contributed by atoms with van der Waals surface area (Å²) in [5.41, 5.74) is 1.17. The third kappa shape index (κ3) is 6.07. The lowest BCUT2D eigenvalue weighted by atomic mass is 10.1. The van der Waals surface area contributed by atoms with E-state index in [1.165, 1.54) is 5.69 Å². The van der Waals surface area contributed by atoms with Gasteiger partial charge in [-0.25, -0.2) is 0 Å². The molecule has 3 rings (SSSR count). The van der Waals surface area contributed by atoms with Crippen LogP contribution in [0.4, 0.5) is 5.69 Å². The highest BCUT2D eigenvalue weighted by Gasteiger charge is 2.33. The summed E-state index contributed by atoms with van der Waals surface area (Å²) in [6.45, 7) is 8.76. The zero-order valence-corrected chi connectivity index (χ0v) is 17.7. The molecule has 0 N–H and O–H groups in total. The third-order valence-electron chi connectivity index (χ3n) is 5.28. The minimum absolute atomic E-state index is 0.185. The predicted molar refractivity (Wildman–Crippen MR) is 118 cm³/mol. The topological polar surface area (TPSA) is 54.9 Å². The van der Waals surface area contributed by atoms with E-state index in [2.05, 4.69) is 21.4 Å². The molecule has 0 radical (unpaired) electrons. The van der Waals surface area contributed by atoms with Crippen LogP contribution in [0.2, 0.25) is 0 Å². The monoisotopic (exact) mass is 409 g/mol. The number of ether oxygens (including phenoxy) is 2. The van der Waals surface area contributed by atoms with Crippen LogP contribution in [0, 0.1) is 0 Å². The Kier molecular flexibility index (Phi) is 8.27. The molecule has 2 atom stereocenters. The first-order valence-corrected chi connectivity index (χ1v) is 10.6. The maximum absolute atomic E-state index is 12.0. The molecule has 1 aromatic heterocycles. The van der Waals surface area contributed by atoms with Crippen molar-refractivity contribution in [3.63, 3.8) is 0 Å². The first kappa shape index (κ1) is 21.8. The Morgan fingerprint density at radius 1 is 1.23 bits per heavy atom. The number of esters is 1. The van der Waals surface area contributed by atoms with Crippen molar-refractivity contribution in [3.8, 4) is 5.75 Å². The van der Waals surface area contributed by atoms with Crippen LogP contribution in [0.15, 0.2) is 67.5 Å². The van der Waals surface area contributed by atoms with Crippen molar-refractivity contribution in [2.24, 2.45) is 0 Å². The molecule has 1 fully saturated rings. The number of hydrogen-bond donors (Lipinski definition) is 0. The lowest BCUT2D eigenvalue weighted by Crippen LogP contribution is -2.58. The maximum Gasteiger partial charge on any atom is 0.305 e. The molecule has 160 valence electrons. The van der Waals surface area contributed by atoms with Gasteiger partial charge in [0, 0.05) is 50.2 Å². The minimum atomic E-state index is -0.207. The second-order valence-electron chi connectivity index (χ2n) is 7.30. The summed E-state index contributed by atoms with van der Waals surface area (Å²) in [5, 5.41) is 0. The first-order valence-electron chi connectivity index (χ1n) is 10.6. The summed E-state index contributed by atoms with van der Waals surface area (Å²) in [5.74, 6) is 0.620. The van der Waals surface area contributed by atoms with Crippen molar-refractivity contribution in [2.45, 2.75) is 38.5 Å². The van der Waals surface area contributed by atoms with Gasteiger partial charge in [0.2, 0.25) is 0 Å². The van der Waals surface area contributed by atoms with Gasteiger partial charge in [-0.1, -0.05) is 24.3 Å². The van der Waals surface area contributed by atoms with Crippen LogP contribution in [0.25, 0.3) is 0 Å². The largest absolute Gasteiger partial charge is 0.475 e. The van der Waals surface area contributed by atoms with Crippen molar-refractivity contribution in [2.75, 3.05) is 31.1 Å². The molecule has 1 aliphatic heterocycles. The molecule has 0 bridgehead atoms. The van der Waals surface area contributed by atoms with E-state index in [4.69, 9.17) is 9.47 Å². The van der Waals surface area contributed by atoms with Gasteiger partial charge in [0.25, 0.3) is 0 Å². The van der Waals surface area contributed by atoms with Crippen molar-refractivity contribution < 1.29 is 14.3 Å². The number of nitrogens with zero attached hydrogens (tertiary/aromatic N) is 3. The zero-order chi connectivity index (χ0) is 21.2. The van der Waals surface area contributed by atoms with E-state index >= 15 is 0 Å². The molecule has 2 heterocycles. The molecule has 0 aliphatic carbocycles. The number of piperazine rings is 1. The number of para-hydroxylation sites is 1. The Labute approximate surface area is 179 Å². The predicted octanol–water partition coefficient (Wildman–Crippen LogP) is 3.90. The Morgan fingerprint density at radius 3 is 2.70 bits per heavy atom. The Bertz CT molecular complexity index is 785. The number of benzene rings is 1. The van der Waals surface area contributed by atoms with Crippen LogP contribution in [0.1, 0.15) is 26.2 Å². The van der Waals surface area contributed by atoms with Gasteiger partial charge in [0.05, 0.1) is 13.0 Å². The molecule has 1 aromatic carbocycles. The molecule has 6 nitrogen and oxygen atoms in total.